The maximum Gasteiger partial charge on any atom is 0.326 e. The number of hydrogen-bond donors (Lipinski definition) is 3. The van der Waals surface area contributed by atoms with Crippen molar-refractivity contribution < 1.29 is 19.5 Å². The van der Waals surface area contributed by atoms with Crippen molar-refractivity contribution in [3.05, 3.63) is 0 Å². The second kappa shape index (κ2) is 8.86. The Morgan fingerprint density at radius 3 is 2.53 bits per heavy atom. The molecule has 0 aliphatic heterocycles. The van der Waals surface area contributed by atoms with Crippen LogP contribution in [0.5, 0.6) is 0 Å². The normalized spacial score (nSPS) is 11.8. The molecule has 0 aliphatic carbocycles. The van der Waals surface area contributed by atoms with Gasteiger partial charge >= 0.3 is 5.97 Å². The Balaban J connectivity index is 3.82. The first kappa shape index (κ1) is 15.8. The van der Waals surface area contributed by atoms with Crippen molar-refractivity contribution in [2.75, 3.05) is 11.5 Å². The van der Waals surface area contributed by atoms with Crippen LogP contribution in [0.25, 0.3) is 0 Å². The van der Waals surface area contributed by atoms with Gasteiger partial charge in [0.25, 0.3) is 0 Å². The van der Waals surface area contributed by atoms with Gasteiger partial charge in [0, 0.05) is 12.2 Å². The third kappa shape index (κ3) is 8.56. The molecule has 0 aromatic rings. The van der Waals surface area contributed by atoms with Crippen LogP contribution in [0, 0.1) is 0 Å². The molecule has 0 saturated heterocycles. The lowest BCUT2D eigenvalue weighted by atomic mass is 10.1. The predicted molar refractivity (Wildman–Crippen MR) is 65.6 cm³/mol. The summed E-state index contributed by atoms with van der Waals surface area (Å²) in [4.78, 5) is 32.6. The van der Waals surface area contributed by atoms with Crippen molar-refractivity contribution in [2.24, 2.45) is 5.73 Å². The number of carboxylic acid groups (broad SMARTS) is 1. The summed E-state index contributed by atoms with van der Waals surface area (Å²) in [5.74, 6) is -1.14. The fraction of sp³-hybridized carbons (Fsp3) is 0.700. The lowest BCUT2D eigenvalue weighted by Gasteiger charge is -2.13. The molecule has 6 nitrogen and oxygen atoms in total. The van der Waals surface area contributed by atoms with Crippen molar-refractivity contribution in [3.63, 3.8) is 0 Å². The molecule has 1 atom stereocenters. The topological polar surface area (TPSA) is 109 Å². The molecule has 4 N–H and O–H groups in total. The van der Waals surface area contributed by atoms with E-state index in [9.17, 15) is 14.4 Å². The highest BCUT2D eigenvalue weighted by molar-refractivity contribution is 7.99. The molecule has 0 aromatic heterocycles. The molecule has 0 heterocycles. The van der Waals surface area contributed by atoms with Crippen molar-refractivity contribution in [2.45, 2.75) is 32.2 Å². The van der Waals surface area contributed by atoms with Gasteiger partial charge in [0.1, 0.15) is 6.04 Å². The third-order valence-electron chi connectivity index (χ3n) is 1.93. The number of hydrogen-bond acceptors (Lipinski definition) is 4. The van der Waals surface area contributed by atoms with Gasteiger partial charge < -0.3 is 16.2 Å². The quantitative estimate of drug-likeness (QED) is 0.505. The maximum atomic E-state index is 11.4. The Morgan fingerprint density at radius 1 is 1.41 bits per heavy atom. The highest BCUT2D eigenvalue weighted by Crippen LogP contribution is 2.03. The molecule has 0 spiro atoms. The largest absolute Gasteiger partial charge is 0.480 e. The molecular weight excluding hydrogens is 244 g/mol. The molecule has 0 rings (SSSR count). The zero-order valence-electron chi connectivity index (χ0n) is 9.77. The minimum atomic E-state index is -1.02. The number of carbonyl (C=O) groups excluding carboxylic acids is 2. The van der Waals surface area contributed by atoms with Crippen LogP contribution in [0.1, 0.15) is 26.2 Å². The van der Waals surface area contributed by atoms with Gasteiger partial charge in [-0.15, -0.1) is 0 Å². The second-order valence-corrected chi connectivity index (χ2v) is 4.62. The first-order valence-electron chi connectivity index (χ1n) is 5.35. The summed E-state index contributed by atoms with van der Waals surface area (Å²) in [6, 6.07) is -0.825. The Kier molecular flexibility index (Phi) is 8.21. The number of rotatable bonds is 9. The van der Waals surface area contributed by atoms with Gasteiger partial charge in [-0.1, -0.05) is 13.3 Å². The van der Waals surface area contributed by atoms with Crippen molar-refractivity contribution in [1.29, 1.82) is 0 Å². The van der Waals surface area contributed by atoms with Gasteiger partial charge in [-0.25, -0.2) is 4.79 Å². The number of amides is 2. The maximum absolute atomic E-state index is 11.4. The fourth-order valence-electron chi connectivity index (χ4n) is 1.15. The molecule has 0 bridgehead atoms. The van der Waals surface area contributed by atoms with Crippen LogP contribution >= 0.6 is 11.8 Å². The zero-order valence-corrected chi connectivity index (χ0v) is 10.6. The summed E-state index contributed by atoms with van der Waals surface area (Å²) in [5.41, 5.74) is 4.93. The predicted octanol–water partition coefficient (Wildman–Crippen LogP) is -0.0355. The average molecular weight is 262 g/mol. The van der Waals surface area contributed by atoms with Crippen molar-refractivity contribution in [3.8, 4) is 0 Å². The Morgan fingerprint density at radius 2 is 2.06 bits per heavy atom. The molecular formula is C10H18N2O4S. The summed E-state index contributed by atoms with van der Waals surface area (Å²) in [5, 5.41) is 11.3. The van der Waals surface area contributed by atoms with Crippen LogP contribution in [0.4, 0.5) is 0 Å². The summed E-state index contributed by atoms with van der Waals surface area (Å²) in [6.45, 7) is 1.85. The van der Waals surface area contributed by atoms with E-state index in [0.717, 1.165) is 0 Å². The number of thioether (sulfide) groups is 1. The smallest absolute Gasteiger partial charge is 0.326 e. The SMILES string of the molecule is CCC[C@H](NC(=O)CCSCC(N)=O)C(=O)O. The molecule has 0 radical (unpaired) electrons. The zero-order chi connectivity index (χ0) is 13.3. The molecule has 17 heavy (non-hydrogen) atoms. The number of primary amides is 1. The number of nitrogens with two attached hydrogens (primary N) is 1. The van der Waals surface area contributed by atoms with E-state index < -0.39 is 17.9 Å². The summed E-state index contributed by atoms with van der Waals surface area (Å²) in [6.07, 6.45) is 1.29. The highest BCUT2D eigenvalue weighted by atomic mass is 32.2. The molecule has 98 valence electrons. The summed E-state index contributed by atoms with van der Waals surface area (Å²) >= 11 is 1.26. The number of carboxylic acids is 1. The van der Waals surface area contributed by atoms with Gasteiger partial charge in [0.05, 0.1) is 5.75 Å². The van der Waals surface area contributed by atoms with E-state index in [2.05, 4.69) is 5.32 Å². The van der Waals surface area contributed by atoms with Gasteiger partial charge in [-0.3, -0.25) is 9.59 Å². The number of aliphatic carboxylic acids is 1. The second-order valence-electron chi connectivity index (χ2n) is 3.52. The highest BCUT2D eigenvalue weighted by Gasteiger charge is 2.18. The minimum Gasteiger partial charge on any atom is -0.480 e. The van der Waals surface area contributed by atoms with E-state index >= 15 is 0 Å². The Labute approximate surface area is 104 Å². The minimum absolute atomic E-state index is 0.171. The first-order chi connectivity index (χ1) is 7.97. The fourth-order valence-corrected chi connectivity index (χ4v) is 1.83. The van der Waals surface area contributed by atoms with Crippen molar-refractivity contribution in [1.82, 2.24) is 5.32 Å². The van der Waals surface area contributed by atoms with Crippen LogP contribution < -0.4 is 11.1 Å². The summed E-state index contributed by atoms with van der Waals surface area (Å²) < 4.78 is 0. The number of nitrogens with one attached hydrogen (secondary N) is 1. The van der Waals surface area contributed by atoms with Gasteiger partial charge in [-0.05, 0) is 6.42 Å². The van der Waals surface area contributed by atoms with E-state index in [1.54, 1.807) is 0 Å². The van der Waals surface area contributed by atoms with Gasteiger partial charge in [-0.2, -0.15) is 11.8 Å². The molecule has 0 saturated carbocycles. The molecule has 7 heteroatoms. The lowest BCUT2D eigenvalue weighted by molar-refractivity contribution is -0.142. The molecule has 0 unspecified atom stereocenters. The van der Waals surface area contributed by atoms with Gasteiger partial charge in [0.15, 0.2) is 0 Å². The number of carbonyl (C=O) groups is 3. The van der Waals surface area contributed by atoms with Crippen LogP contribution in [0.15, 0.2) is 0 Å². The van der Waals surface area contributed by atoms with Crippen LogP contribution in [0.2, 0.25) is 0 Å². The standard InChI is InChI=1S/C10H18N2O4S/c1-2-3-7(10(15)16)12-9(14)4-5-17-6-8(11)13/h7H,2-6H2,1H3,(H2,11,13)(H,12,14)(H,15,16)/t7-/m0/s1. The molecule has 0 fully saturated rings. The van der Waals surface area contributed by atoms with Crippen LogP contribution in [-0.2, 0) is 14.4 Å². The summed E-state index contributed by atoms with van der Waals surface area (Å²) in [7, 11) is 0. The van der Waals surface area contributed by atoms with Crippen molar-refractivity contribution >= 4 is 29.5 Å². The monoisotopic (exact) mass is 262 g/mol. The molecule has 0 aromatic carbocycles. The lowest BCUT2D eigenvalue weighted by Crippen LogP contribution is -2.40. The van der Waals surface area contributed by atoms with E-state index in [0.29, 0.717) is 18.6 Å². The van der Waals surface area contributed by atoms with Crippen LogP contribution in [0.3, 0.4) is 0 Å². The van der Waals surface area contributed by atoms with E-state index in [1.165, 1.54) is 11.8 Å². The van der Waals surface area contributed by atoms with Gasteiger partial charge in [0.2, 0.25) is 11.8 Å². The molecule has 2 amide bonds. The Hall–Kier alpha value is -1.24. The third-order valence-corrected chi connectivity index (χ3v) is 2.91. The van der Waals surface area contributed by atoms with Crippen LogP contribution in [-0.4, -0.2) is 40.4 Å². The average Bonchev–Trinajstić information content (AvgIpc) is 2.23. The van der Waals surface area contributed by atoms with E-state index in [4.69, 9.17) is 10.8 Å². The Bertz CT molecular complexity index is 283. The van der Waals surface area contributed by atoms with E-state index in [-0.39, 0.29) is 18.1 Å². The first-order valence-corrected chi connectivity index (χ1v) is 6.51. The van der Waals surface area contributed by atoms with E-state index in [1.807, 2.05) is 6.92 Å². The molecule has 0 aliphatic rings.